The van der Waals surface area contributed by atoms with E-state index < -0.39 is 0 Å². The van der Waals surface area contributed by atoms with Gasteiger partial charge in [-0.2, -0.15) is 0 Å². The van der Waals surface area contributed by atoms with Crippen molar-refractivity contribution < 1.29 is 0 Å². The van der Waals surface area contributed by atoms with Gasteiger partial charge in [0.05, 0.1) is 0 Å². The number of nitrogens with two attached hydrogens (primary N) is 1. The number of nitrogens with zero attached hydrogens (tertiary/aromatic N) is 2. The Morgan fingerprint density at radius 1 is 1.22 bits per heavy atom. The first-order valence-electron chi connectivity index (χ1n) is 7.07. The van der Waals surface area contributed by atoms with Gasteiger partial charge in [0.25, 0.3) is 0 Å². The summed E-state index contributed by atoms with van der Waals surface area (Å²) in [7, 11) is 0. The first-order valence-corrected chi connectivity index (χ1v) is 7.07. The molecule has 1 aromatic rings. The van der Waals surface area contributed by atoms with Crippen LogP contribution in [0.3, 0.4) is 0 Å². The molecule has 0 unspecified atom stereocenters. The van der Waals surface area contributed by atoms with Crippen molar-refractivity contribution in [1.82, 2.24) is 9.97 Å². The molecular formula is C15H25N3. The Balaban J connectivity index is 2.20. The third kappa shape index (κ3) is 3.77. The van der Waals surface area contributed by atoms with Gasteiger partial charge in [0, 0.05) is 29.3 Å². The molecule has 2 rings (SSSR count). The molecule has 1 aliphatic carbocycles. The standard InChI is InChI=1S/C15H25N3/c1-11-9-13(12-7-5-4-6-8-12)18-14(17-11)10-15(2,3)16/h9,12H,4-8,10,16H2,1-3H3. The molecule has 0 aromatic carbocycles. The van der Waals surface area contributed by atoms with E-state index in [0.717, 1.165) is 17.9 Å². The zero-order valence-corrected chi connectivity index (χ0v) is 11.9. The van der Waals surface area contributed by atoms with Gasteiger partial charge < -0.3 is 5.73 Å². The predicted octanol–water partition coefficient (Wildman–Crippen LogP) is 3.11. The summed E-state index contributed by atoms with van der Waals surface area (Å²) >= 11 is 0. The van der Waals surface area contributed by atoms with Gasteiger partial charge in [-0.25, -0.2) is 9.97 Å². The van der Waals surface area contributed by atoms with Crippen LogP contribution in [-0.2, 0) is 6.42 Å². The van der Waals surface area contributed by atoms with Crippen molar-refractivity contribution in [1.29, 1.82) is 0 Å². The summed E-state index contributed by atoms with van der Waals surface area (Å²) in [5, 5.41) is 0. The van der Waals surface area contributed by atoms with Crippen LogP contribution in [0.1, 0.15) is 69.1 Å². The van der Waals surface area contributed by atoms with Gasteiger partial charge in [0.1, 0.15) is 5.82 Å². The summed E-state index contributed by atoms with van der Waals surface area (Å²) in [6, 6.07) is 2.16. The lowest BCUT2D eigenvalue weighted by atomic mass is 9.86. The van der Waals surface area contributed by atoms with Crippen LogP contribution in [0.2, 0.25) is 0 Å². The average Bonchev–Trinajstić information content (AvgIpc) is 2.27. The predicted molar refractivity (Wildman–Crippen MR) is 74.6 cm³/mol. The number of hydrogen-bond acceptors (Lipinski definition) is 3. The Morgan fingerprint density at radius 3 is 2.50 bits per heavy atom. The normalized spacial score (nSPS) is 18.0. The third-order valence-corrected chi connectivity index (χ3v) is 3.56. The quantitative estimate of drug-likeness (QED) is 0.893. The molecule has 0 radical (unpaired) electrons. The van der Waals surface area contributed by atoms with Gasteiger partial charge in [0.2, 0.25) is 0 Å². The summed E-state index contributed by atoms with van der Waals surface area (Å²) in [5.41, 5.74) is 8.14. The summed E-state index contributed by atoms with van der Waals surface area (Å²) in [6.45, 7) is 6.11. The molecule has 3 heteroatoms. The minimum atomic E-state index is -0.238. The SMILES string of the molecule is Cc1cc(C2CCCCC2)nc(CC(C)(C)N)n1. The van der Waals surface area contributed by atoms with Gasteiger partial charge in [-0.1, -0.05) is 19.3 Å². The molecule has 0 bridgehead atoms. The first-order chi connectivity index (χ1) is 8.44. The minimum Gasteiger partial charge on any atom is -0.325 e. The van der Waals surface area contributed by atoms with Gasteiger partial charge >= 0.3 is 0 Å². The monoisotopic (exact) mass is 247 g/mol. The molecule has 1 heterocycles. The van der Waals surface area contributed by atoms with Crippen LogP contribution < -0.4 is 5.73 Å². The molecule has 1 aliphatic rings. The van der Waals surface area contributed by atoms with Crippen LogP contribution >= 0.6 is 0 Å². The van der Waals surface area contributed by atoms with Gasteiger partial charge in [-0.3, -0.25) is 0 Å². The fourth-order valence-corrected chi connectivity index (χ4v) is 2.75. The molecule has 1 fully saturated rings. The maximum absolute atomic E-state index is 6.07. The van der Waals surface area contributed by atoms with Crippen LogP contribution in [0.4, 0.5) is 0 Å². The van der Waals surface area contributed by atoms with Crippen molar-refractivity contribution in [2.45, 2.75) is 70.8 Å². The van der Waals surface area contributed by atoms with E-state index in [9.17, 15) is 0 Å². The Bertz CT molecular complexity index is 401. The summed E-state index contributed by atoms with van der Waals surface area (Å²) in [6.07, 6.45) is 7.36. The zero-order chi connectivity index (χ0) is 13.2. The molecule has 0 aliphatic heterocycles. The van der Waals surface area contributed by atoms with Crippen LogP contribution in [0.5, 0.6) is 0 Å². The second-order valence-corrected chi connectivity index (χ2v) is 6.35. The van der Waals surface area contributed by atoms with Gasteiger partial charge in [0.15, 0.2) is 0 Å². The summed E-state index contributed by atoms with van der Waals surface area (Å²) in [4.78, 5) is 9.27. The van der Waals surface area contributed by atoms with Crippen LogP contribution in [-0.4, -0.2) is 15.5 Å². The maximum atomic E-state index is 6.07. The van der Waals surface area contributed by atoms with E-state index in [1.165, 1.54) is 37.8 Å². The van der Waals surface area contributed by atoms with E-state index in [4.69, 9.17) is 10.7 Å². The largest absolute Gasteiger partial charge is 0.325 e. The van der Waals surface area contributed by atoms with Crippen molar-refractivity contribution in [3.05, 3.63) is 23.3 Å². The Morgan fingerprint density at radius 2 is 1.89 bits per heavy atom. The zero-order valence-electron chi connectivity index (χ0n) is 11.9. The van der Waals surface area contributed by atoms with E-state index in [0.29, 0.717) is 5.92 Å². The van der Waals surface area contributed by atoms with E-state index >= 15 is 0 Å². The van der Waals surface area contributed by atoms with Crippen molar-refractivity contribution in [3.8, 4) is 0 Å². The minimum absolute atomic E-state index is 0.238. The van der Waals surface area contributed by atoms with E-state index in [1.807, 2.05) is 13.8 Å². The molecule has 1 aromatic heterocycles. The lowest BCUT2D eigenvalue weighted by Crippen LogP contribution is -2.35. The molecule has 2 N–H and O–H groups in total. The van der Waals surface area contributed by atoms with Crippen molar-refractivity contribution in [3.63, 3.8) is 0 Å². The number of aromatic nitrogens is 2. The number of aryl methyl sites for hydroxylation is 1. The third-order valence-electron chi connectivity index (χ3n) is 3.56. The smallest absolute Gasteiger partial charge is 0.130 e. The van der Waals surface area contributed by atoms with E-state index in [1.54, 1.807) is 0 Å². The summed E-state index contributed by atoms with van der Waals surface area (Å²) in [5.74, 6) is 1.54. The average molecular weight is 247 g/mol. The molecule has 0 atom stereocenters. The highest BCUT2D eigenvalue weighted by Crippen LogP contribution is 2.31. The van der Waals surface area contributed by atoms with Gasteiger partial charge in [-0.15, -0.1) is 0 Å². The highest BCUT2D eigenvalue weighted by Gasteiger charge is 2.20. The second-order valence-electron chi connectivity index (χ2n) is 6.35. The van der Waals surface area contributed by atoms with Crippen LogP contribution in [0, 0.1) is 6.92 Å². The van der Waals surface area contributed by atoms with Gasteiger partial charge in [-0.05, 0) is 39.7 Å². The molecule has 3 nitrogen and oxygen atoms in total. The maximum Gasteiger partial charge on any atom is 0.130 e. The molecule has 0 spiro atoms. The topological polar surface area (TPSA) is 51.8 Å². The van der Waals surface area contributed by atoms with E-state index in [2.05, 4.69) is 18.0 Å². The van der Waals surface area contributed by atoms with Crippen molar-refractivity contribution in [2.75, 3.05) is 0 Å². The van der Waals surface area contributed by atoms with Crippen LogP contribution in [0.25, 0.3) is 0 Å². The van der Waals surface area contributed by atoms with E-state index in [-0.39, 0.29) is 5.54 Å². The van der Waals surface area contributed by atoms with Crippen LogP contribution in [0.15, 0.2) is 6.07 Å². The Hall–Kier alpha value is -0.960. The van der Waals surface area contributed by atoms with Crippen molar-refractivity contribution >= 4 is 0 Å². The molecule has 0 amide bonds. The second kappa shape index (κ2) is 5.35. The fourth-order valence-electron chi connectivity index (χ4n) is 2.75. The van der Waals surface area contributed by atoms with Crippen molar-refractivity contribution in [2.24, 2.45) is 5.73 Å². The molecular weight excluding hydrogens is 222 g/mol. The highest BCUT2D eigenvalue weighted by atomic mass is 14.9. The molecule has 100 valence electrons. The molecule has 18 heavy (non-hydrogen) atoms. The lowest BCUT2D eigenvalue weighted by Gasteiger charge is -2.23. The Kier molecular flexibility index (Phi) is 4.00. The highest BCUT2D eigenvalue weighted by molar-refractivity contribution is 5.15. The number of rotatable bonds is 3. The summed E-state index contributed by atoms with van der Waals surface area (Å²) < 4.78 is 0. The lowest BCUT2D eigenvalue weighted by molar-refractivity contribution is 0.432. The first kappa shape index (κ1) is 13.5. The molecule has 0 saturated heterocycles. The number of hydrogen-bond donors (Lipinski definition) is 1. The Labute approximate surface area is 110 Å². The fraction of sp³-hybridized carbons (Fsp3) is 0.733. The molecule has 1 saturated carbocycles.